The van der Waals surface area contributed by atoms with Gasteiger partial charge in [0.25, 0.3) is 0 Å². The van der Waals surface area contributed by atoms with E-state index in [1.165, 1.54) is 0 Å². The van der Waals surface area contributed by atoms with Crippen molar-refractivity contribution in [1.29, 1.82) is 15.8 Å². The van der Waals surface area contributed by atoms with E-state index in [4.69, 9.17) is 15.8 Å². The number of hydrogen-bond acceptors (Lipinski definition) is 4. The summed E-state index contributed by atoms with van der Waals surface area (Å²) in [6, 6.07) is 4.91. The maximum absolute atomic E-state index is 8.71. The molecule has 0 bridgehead atoms. The first kappa shape index (κ1) is 11.8. The summed E-state index contributed by atoms with van der Waals surface area (Å²) in [7, 11) is 0. The van der Waals surface area contributed by atoms with E-state index in [9.17, 15) is 0 Å². The molecule has 14 heavy (non-hydrogen) atoms. The minimum absolute atomic E-state index is 0.0940. The van der Waals surface area contributed by atoms with Crippen LogP contribution in [-0.4, -0.2) is 6.04 Å². The summed E-state index contributed by atoms with van der Waals surface area (Å²) in [6.07, 6.45) is 2.76. The van der Waals surface area contributed by atoms with Crippen LogP contribution in [0, 0.1) is 34.0 Å². The van der Waals surface area contributed by atoms with Crippen molar-refractivity contribution in [2.45, 2.75) is 19.9 Å². The lowest BCUT2D eigenvalue weighted by molar-refractivity contribution is 0.814. The molecule has 0 saturated heterocycles. The molecule has 0 spiro atoms. The van der Waals surface area contributed by atoms with Crippen molar-refractivity contribution in [3.8, 4) is 18.2 Å². The normalized spacial score (nSPS) is 11.5. The lowest BCUT2D eigenvalue weighted by atomic mass is 10.2. The Morgan fingerprint density at radius 1 is 1.29 bits per heavy atom. The zero-order valence-corrected chi connectivity index (χ0v) is 8.07. The minimum Gasteiger partial charge on any atom is -0.357 e. The highest BCUT2D eigenvalue weighted by Gasteiger charge is 2.04. The van der Waals surface area contributed by atoms with Crippen LogP contribution in [-0.2, 0) is 0 Å². The molecule has 0 radical (unpaired) electrons. The van der Waals surface area contributed by atoms with Crippen molar-refractivity contribution in [3.63, 3.8) is 0 Å². The van der Waals surface area contributed by atoms with Crippen molar-refractivity contribution in [3.05, 3.63) is 23.4 Å². The monoisotopic (exact) mass is 186 g/mol. The SMILES string of the molecule is CC(C)=CC(C#N)N/C(C#N)=C\C#N. The van der Waals surface area contributed by atoms with Gasteiger partial charge in [0.05, 0.1) is 12.1 Å². The van der Waals surface area contributed by atoms with Gasteiger partial charge in [-0.25, -0.2) is 0 Å². The van der Waals surface area contributed by atoms with Gasteiger partial charge in [-0.05, 0) is 19.9 Å². The zero-order chi connectivity index (χ0) is 11.0. The van der Waals surface area contributed by atoms with Gasteiger partial charge in [-0.3, -0.25) is 0 Å². The Morgan fingerprint density at radius 2 is 1.93 bits per heavy atom. The first-order chi connectivity index (χ1) is 6.63. The van der Waals surface area contributed by atoms with Gasteiger partial charge >= 0.3 is 0 Å². The van der Waals surface area contributed by atoms with Crippen LogP contribution in [0.1, 0.15) is 13.8 Å². The smallest absolute Gasteiger partial charge is 0.134 e. The van der Waals surface area contributed by atoms with E-state index in [2.05, 4.69) is 5.32 Å². The molecule has 1 N–H and O–H groups in total. The van der Waals surface area contributed by atoms with E-state index in [0.717, 1.165) is 11.6 Å². The molecule has 4 heteroatoms. The van der Waals surface area contributed by atoms with Gasteiger partial charge in [-0.15, -0.1) is 0 Å². The number of nitriles is 3. The maximum atomic E-state index is 8.71. The minimum atomic E-state index is -0.570. The second-order valence-electron chi connectivity index (χ2n) is 2.79. The van der Waals surface area contributed by atoms with Gasteiger partial charge in [0.2, 0.25) is 0 Å². The molecule has 1 unspecified atom stereocenters. The third-order valence-electron chi connectivity index (χ3n) is 1.28. The average Bonchev–Trinajstić information content (AvgIpc) is 2.15. The van der Waals surface area contributed by atoms with E-state index in [0.29, 0.717) is 0 Å². The highest BCUT2D eigenvalue weighted by Crippen LogP contribution is 1.96. The number of rotatable bonds is 3. The van der Waals surface area contributed by atoms with E-state index in [-0.39, 0.29) is 5.70 Å². The Labute approximate surface area is 83.4 Å². The first-order valence-corrected chi connectivity index (χ1v) is 3.95. The fourth-order valence-corrected chi connectivity index (χ4v) is 0.783. The molecular formula is C10H10N4. The van der Waals surface area contributed by atoms with Gasteiger partial charge in [0.15, 0.2) is 0 Å². The van der Waals surface area contributed by atoms with Crippen molar-refractivity contribution >= 4 is 0 Å². The van der Waals surface area contributed by atoms with Crippen LogP contribution in [0.3, 0.4) is 0 Å². The largest absolute Gasteiger partial charge is 0.357 e. The number of allylic oxidation sites excluding steroid dienone is 3. The van der Waals surface area contributed by atoms with Gasteiger partial charge in [-0.2, -0.15) is 15.8 Å². The lowest BCUT2D eigenvalue weighted by Crippen LogP contribution is -2.24. The summed E-state index contributed by atoms with van der Waals surface area (Å²) < 4.78 is 0. The predicted octanol–water partition coefficient (Wildman–Crippen LogP) is 1.37. The number of nitrogens with zero attached hydrogens (tertiary/aromatic N) is 3. The molecule has 0 saturated carbocycles. The Balaban J connectivity index is 4.60. The highest BCUT2D eigenvalue weighted by molar-refractivity contribution is 5.28. The molecule has 1 atom stereocenters. The molecule has 0 fully saturated rings. The van der Waals surface area contributed by atoms with Crippen LogP contribution in [0.25, 0.3) is 0 Å². The fourth-order valence-electron chi connectivity index (χ4n) is 0.783. The molecule has 0 heterocycles. The third kappa shape index (κ3) is 4.59. The quantitative estimate of drug-likeness (QED) is 0.533. The van der Waals surface area contributed by atoms with Crippen LogP contribution < -0.4 is 5.32 Å². The fraction of sp³-hybridized carbons (Fsp3) is 0.300. The summed E-state index contributed by atoms with van der Waals surface area (Å²) in [5.74, 6) is 0. The molecule has 0 aliphatic rings. The first-order valence-electron chi connectivity index (χ1n) is 3.95. The van der Waals surface area contributed by atoms with Gasteiger partial charge in [0, 0.05) is 6.08 Å². The molecule has 0 aromatic carbocycles. The zero-order valence-electron chi connectivity index (χ0n) is 8.07. The summed E-state index contributed by atoms with van der Waals surface area (Å²) >= 11 is 0. The molecule has 0 rings (SSSR count). The van der Waals surface area contributed by atoms with Crippen LogP contribution in [0.4, 0.5) is 0 Å². The predicted molar refractivity (Wildman–Crippen MR) is 51.3 cm³/mol. The summed E-state index contributed by atoms with van der Waals surface area (Å²) in [5, 5.41) is 28.2. The molecule has 0 aromatic rings. The molecule has 0 aliphatic heterocycles. The highest BCUT2D eigenvalue weighted by atomic mass is 14.9. The van der Waals surface area contributed by atoms with Crippen LogP contribution in [0.5, 0.6) is 0 Å². The van der Waals surface area contributed by atoms with Crippen LogP contribution >= 0.6 is 0 Å². The maximum Gasteiger partial charge on any atom is 0.134 e. The van der Waals surface area contributed by atoms with Crippen molar-refractivity contribution < 1.29 is 0 Å². The summed E-state index contributed by atoms with van der Waals surface area (Å²) in [5.41, 5.74) is 1.06. The van der Waals surface area contributed by atoms with Crippen molar-refractivity contribution in [2.75, 3.05) is 0 Å². The molecule has 0 amide bonds. The van der Waals surface area contributed by atoms with E-state index in [1.54, 1.807) is 18.2 Å². The average molecular weight is 186 g/mol. The van der Waals surface area contributed by atoms with Gasteiger partial charge < -0.3 is 5.32 Å². The van der Waals surface area contributed by atoms with Crippen molar-refractivity contribution in [2.24, 2.45) is 0 Å². The molecule has 70 valence electrons. The Kier molecular flexibility index (Phi) is 5.28. The molecule has 0 aliphatic carbocycles. The van der Waals surface area contributed by atoms with E-state index in [1.807, 2.05) is 19.9 Å². The van der Waals surface area contributed by atoms with E-state index < -0.39 is 6.04 Å². The second-order valence-corrected chi connectivity index (χ2v) is 2.79. The topological polar surface area (TPSA) is 83.4 Å². The van der Waals surface area contributed by atoms with Gasteiger partial charge in [0.1, 0.15) is 17.8 Å². The number of nitrogens with one attached hydrogen (secondary N) is 1. The standard InChI is InChI=1S/C10H10N4/c1-8(2)5-10(7-13)14-9(6-12)3-4-11/h3,5,10,14H,1-2H3/b9-3-. The molecule has 0 aromatic heterocycles. The van der Waals surface area contributed by atoms with Crippen LogP contribution in [0.15, 0.2) is 23.4 Å². The molecule has 4 nitrogen and oxygen atoms in total. The lowest BCUT2D eigenvalue weighted by Gasteiger charge is -2.06. The van der Waals surface area contributed by atoms with Crippen LogP contribution in [0.2, 0.25) is 0 Å². The Morgan fingerprint density at radius 3 is 2.29 bits per heavy atom. The third-order valence-corrected chi connectivity index (χ3v) is 1.28. The summed E-state index contributed by atoms with van der Waals surface area (Å²) in [4.78, 5) is 0. The Hall–Kier alpha value is -2.25. The van der Waals surface area contributed by atoms with E-state index >= 15 is 0 Å². The Bertz CT molecular complexity index is 366. The summed E-state index contributed by atoms with van der Waals surface area (Å²) in [6.45, 7) is 3.71. The number of hydrogen-bond donors (Lipinski definition) is 1. The van der Waals surface area contributed by atoms with Crippen molar-refractivity contribution in [1.82, 2.24) is 5.32 Å². The molecular weight excluding hydrogens is 176 g/mol. The van der Waals surface area contributed by atoms with Gasteiger partial charge in [-0.1, -0.05) is 5.57 Å². The second kappa shape index (κ2) is 6.29.